The Kier molecular flexibility index (Phi) is 5.74. The van der Waals surface area contributed by atoms with Crippen LogP contribution in [0, 0.1) is 11.8 Å². The first kappa shape index (κ1) is 20.6. The summed E-state index contributed by atoms with van der Waals surface area (Å²) in [5.41, 5.74) is 6.81. The smallest absolute Gasteiger partial charge is 0.268 e. The van der Waals surface area contributed by atoms with E-state index in [1.54, 1.807) is 29.0 Å². The number of nitrogens with zero attached hydrogens (tertiary/aromatic N) is 3. The molecule has 1 aliphatic carbocycles. The minimum absolute atomic E-state index is 0.118. The van der Waals surface area contributed by atoms with Gasteiger partial charge in [-0.15, -0.1) is 6.58 Å². The Bertz CT molecular complexity index is 1200. The third-order valence-electron chi connectivity index (χ3n) is 5.45. The molecule has 7 nitrogen and oxygen atoms in total. The summed E-state index contributed by atoms with van der Waals surface area (Å²) < 4.78 is 1.74. The van der Waals surface area contributed by atoms with Crippen molar-refractivity contribution in [1.82, 2.24) is 19.9 Å². The minimum atomic E-state index is -0.925. The van der Waals surface area contributed by atoms with E-state index in [2.05, 4.69) is 33.7 Å². The van der Waals surface area contributed by atoms with E-state index in [0.29, 0.717) is 30.9 Å². The molecule has 0 bridgehead atoms. The molecule has 2 aromatic heterocycles. The lowest BCUT2D eigenvalue weighted by Gasteiger charge is -2.26. The average molecular weight is 415 g/mol. The zero-order valence-electron chi connectivity index (χ0n) is 17.3. The van der Waals surface area contributed by atoms with E-state index in [0.717, 1.165) is 35.7 Å². The summed E-state index contributed by atoms with van der Waals surface area (Å²) in [5.74, 6) is 6.54. The van der Waals surface area contributed by atoms with Gasteiger partial charge in [0.1, 0.15) is 17.1 Å². The van der Waals surface area contributed by atoms with E-state index in [1.165, 1.54) is 0 Å². The molecule has 158 valence electrons. The van der Waals surface area contributed by atoms with Crippen molar-refractivity contribution < 1.29 is 9.90 Å². The molecule has 0 unspecified atom stereocenters. The fourth-order valence-electron chi connectivity index (χ4n) is 3.89. The van der Waals surface area contributed by atoms with Gasteiger partial charge in [0.25, 0.3) is 5.91 Å². The second kappa shape index (κ2) is 8.62. The Morgan fingerprint density at radius 3 is 2.84 bits per heavy atom. The summed E-state index contributed by atoms with van der Waals surface area (Å²) in [6.07, 6.45) is 7.70. The molecule has 0 atom stereocenters. The molecular formula is C24H25N5O2. The number of carbonyl (C=O) groups is 1. The second-order valence-electron chi connectivity index (χ2n) is 7.75. The summed E-state index contributed by atoms with van der Waals surface area (Å²) in [7, 11) is 0. The summed E-state index contributed by atoms with van der Waals surface area (Å²) in [6, 6.07) is 9.21. The monoisotopic (exact) mass is 415 g/mol. The van der Waals surface area contributed by atoms with Crippen molar-refractivity contribution in [1.29, 1.82) is 0 Å². The SMILES string of the molecule is C=CCNC(=O)c1cc2ccc(C#CC3(O)CCCCC3)cc2n1-c1ccnc(N)n1. The molecule has 31 heavy (non-hydrogen) atoms. The van der Waals surface area contributed by atoms with Crippen LogP contribution in [0.25, 0.3) is 16.7 Å². The van der Waals surface area contributed by atoms with E-state index in [1.807, 2.05) is 18.2 Å². The third kappa shape index (κ3) is 4.44. The topological polar surface area (TPSA) is 106 Å². The zero-order chi connectivity index (χ0) is 21.8. The Morgan fingerprint density at radius 2 is 2.10 bits per heavy atom. The first-order chi connectivity index (χ1) is 15.0. The lowest BCUT2D eigenvalue weighted by molar-refractivity contribution is 0.0610. The summed E-state index contributed by atoms with van der Waals surface area (Å²) in [4.78, 5) is 21.0. The first-order valence-corrected chi connectivity index (χ1v) is 10.4. The van der Waals surface area contributed by atoms with Gasteiger partial charge in [-0.3, -0.25) is 9.36 Å². The van der Waals surface area contributed by atoms with Crippen LogP contribution < -0.4 is 11.1 Å². The molecule has 3 aromatic rings. The Morgan fingerprint density at radius 1 is 1.29 bits per heavy atom. The number of aromatic nitrogens is 3. The van der Waals surface area contributed by atoms with Gasteiger partial charge in [0, 0.05) is 23.7 Å². The van der Waals surface area contributed by atoms with E-state index in [-0.39, 0.29) is 11.9 Å². The van der Waals surface area contributed by atoms with Crippen LogP contribution in [0.5, 0.6) is 0 Å². The summed E-state index contributed by atoms with van der Waals surface area (Å²) >= 11 is 0. The molecule has 0 aliphatic heterocycles. The molecule has 7 heteroatoms. The number of hydrogen-bond acceptors (Lipinski definition) is 5. The van der Waals surface area contributed by atoms with Gasteiger partial charge in [-0.05, 0) is 49.9 Å². The number of anilines is 1. The molecule has 2 heterocycles. The van der Waals surface area contributed by atoms with Crippen LogP contribution in [0.3, 0.4) is 0 Å². The second-order valence-corrected chi connectivity index (χ2v) is 7.75. The minimum Gasteiger partial charge on any atom is -0.378 e. The number of fused-ring (bicyclic) bond motifs is 1. The van der Waals surface area contributed by atoms with Crippen molar-refractivity contribution in [2.75, 3.05) is 12.3 Å². The number of rotatable bonds is 4. The first-order valence-electron chi connectivity index (χ1n) is 10.4. The number of nitrogen functional groups attached to an aromatic ring is 1. The van der Waals surface area contributed by atoms with Crippen molar-refractivity contribution in [3.05, 3.63) is 60.4 Å². The molecule has 1 aliphatic rings. The van der Waals surface area contributed by atoms with Crippen LogP contribution in [0.1, 0.15) is 48.2 Å². The normalized spacial score (nSPS) is 15.1. The quantitative estimate of drug-likeness (QED) is 0.449. The van der Waals surface area contributed by atoms with Crippen molar-refractivity contribution in [2.24, 2.45) is 0 Å². The summed E-state index contributed by atoms with van der Waals surface area (Å²) in [6.45, 7) is 3.99. The Balaban J connectivity index is 1.81. The van der Waals surface area contributed by atoms with E-state index in [9.17, 15) is 9.90 Å². The highest BCUT2D eigenvalue weighted by Crippen LogP contribution is 2.28. The fourth-order valence-corrected chi connectivity index (χ4v) is 3.89. The number of nitrogens with two attached hydrogens (primary N) is 1. The number of carbonyl (C=O) groups excluding carboxylic acids is 1. The van der Waals surface area contributed by atoms with Gasteiger partial charge < -0.3 is 16.2 Å². The number of nitrogens with one attached hydrogen (secondary N) is 1. The van der Waals surface area contributed by atoms with Gasteiger partial charge in [-0.1, -0.05) is 30.4 Å². The number of hydrogen-bond donors (Lipinski definition) is 3. The zero-order valence-corrected chi connectivity index (χ0v) is 17.3. The third-order valence-corrected chi connectivity index (χ3v) is 5.45. The van der Waals surface area contributed by atoms with E-state index >= 15 is 0 Å². The molecule has 0 saturated heterocycles. The largest absolute Gasteiger partial charge is 0.378 e. The van der Waals surface area contributed by atoms with Crippen LogP contribution >= 0.6 is 0 Å². The number of amides is 1. The van der Waals surface area contributed by atoms with Gasteiger partial charge >= 0.3 is 0 Å². The van der Waals surface area contributed by atoms with E-state index < -0.39 is 5.60 Å². The molecule has 4 rings (SSSR count). The summed E-state index contributed by atoms with van der Waals surface area (Å²) in [5, 5.41) is 14.4. The maximum atomic E-state index is 12.8. The average Bonchev–Trinajstić information content (AvgIpc) is 3.15. The van der Waals surface area contributed by atoms with Crippen molar-refractivity contribution in [2.45, 2.75) is 37.7 Å². The maximum Gasteiger partial charge on any atom is 0.268 e. The van der Waals surface area contributed by atoms with Crippen LogP contribution in [0.4, 0.5) is 5.95 Å². The van der Waals surface area contributed by atoms with Crippen LogP contribution in [0.2, 0.25) is 0 Å². The van der Waals surface area contributed by atoms with E-state index in [4.69, 9.17) is 5.73 Å². The molecule has 0 radical (unpaired) electrons. The van der Waals surface area contributed by atoms with Crippen molar-refractivity contribution in [3.8, 4) is 17.7 Å². The maximum absolute atomic E-state index is 12.8. The predicted octanol–water partition coefficient (Wildman–Crippen LogP) is 2.97. The highest BCUT2D eigenvalue weighted by atomic mass is 16.3. The van der Waals surface area contributed by atoms with Gasteiger partial charge in [-0.2, -0.15) is 4.98 Å². The predicted molar refractivity (Wildman–Crippen MR) is 121 cm³/mol. The Hall–Kier alpha value is -3.63. The van der Waals surface area contributed by atoms with Gasteiger partial charge in [-0.25, -0.2) is 4.98 Å². The van der Waals surface area contributed by atoms with Gasteiger partial charge in [0.2, 0.25) is 5.95 Å². The van der Waals surface area contributed by atoms with Crippen molar-refractivity contribution >= 4 is 22.8 Å². The highest BCUT2D eigenvalue weighted by molar-refractivity contribution is 6.00. The molecule has 1 fully saturated rings. The van der Waals surface area contributed by atoms with Gasteiger partial charge in [0.05, 0.1) is 5.52 Å². The lowest BCUT2D eigenvalue weighted by Crippen LogP contribution is -2.29. The Labute approximate surface area is 181 Å². The number of benzene rings is 1. The molecule has 1 saturated carbocycles. The molecule has 0 spiro atoms. The number of aliphatic hydroxyl groups is 1. The molecule has 4 N–H and O–H groups in total. The van der Waals surface area contributed by atoms with Crippen LogP contribution in [-0.2, 0) is 0 Å². The highest BCUT2D eigenvalue weighted by Gasteiger charge is 2.26. The van der Waals surface area contributed by atoms with Crippen molar-refractivity contribution in [3.63, 3.8) is 0 Å². The fraction of sp³-hybridized carbons (Fsp3) is 0.292. The molecule has 1 amide bonds. The lowest BCUT2D eigenvalue weighted by atomic mass is 9.85. The van der Waals surface area contributed by atoms with Gasteiger partial charge in [0.15, 0.2) is 0 Å². The molecular weight excluding hydrogens is 390 g/mol. The van der Waals surface area contributed by atoms with Crippen LogP contribution in [-0.4, -0.2) is 37.7 Å². The molecule has 1 aromatic carbocycles. The standard InChI is InChI=1S/C24H25N5O2/c1-2-13-26-22(30)20-16-18-7-6-17(8-12-24(31)10-4-3-5-11-24)15-19(18)29(20)21-9-14-27-23(25)28-21/h2,6-7,9,14-16,31H,1,3-5,10-11,13H2,(H,26,30)(H2,25,27,28). The van der Waals surface area contributed by atoms with Crippen LogP contribution in [0.15, 0.2) is 49.2 Å².